The van der Waals surface area contributed by atoms with E-state index in [9.17, 15) is 49.1 Å². The van der Waals surface area contributed by atoms with Crippen molar-refractivity contribution in [2.24, 2.45) is 0 Å². The number of H-pyrrole nitrogens is 1. The molecule has 20 heteroatoms. The van der Waals surface area contributed by atoms with E-state index in [4.69, 9.17) is 11.5 Å². The molecule has 0 aliphatic rings. The van der Waals surface area contributed by atoms with Crippen LogP contribution < -0.4 is 27.3 Å². The van der Waals surface area contributed by atoms with E-state index in [0.29, 0.717) is 19.3 Å². The highest BCUT2D eigenvalue weighted by Gasteiger charge is 2.36. The summed E-state index contributed by atoms with van der Waals surface area (Å²) in [5, 5.41) is 4.30. The van der Waals surface area contributed by atoms with Gasteiger partial charge in [-0.1, -0.05) is 0 Å². The molecule has 0 aliphatic heterocycles. The van der Waals surface area contributed by atoms with Gasteiger partial charge in [-0.05, 0) is 36.8 Å². The van der Waals surface area contributed by atoms with Gasteiger partial charge in [0.15, 0.2) is 29.0 Å². The first-order chi connectivity index (χ1) is 21.1. The zero-order valence-electron chi connectivity index (χ0n) is 22.6. The number of nitrogens with zero attached hydrogens (tertiary/aromatic N) is 4. The van der Waals surface area contributed by atoms with Crippen LogP contribution in [0, 0.1) is 11.6 Å². The van der Waals surface area contributed by atoms with Gasteiger partial charge in [0, 0.05) is 12.7 Å². The monoisotopic (exact) mass is 655 g/mol. The second-order valence-corrected chi connectivity index (χ2v) is 8.87. The summed E-state index contributed by atoms with van der Waals surface area (Å²) in [6, 6.07) is 2.53. The molecule has 3 heterocycles. The number of hydrogen-bond donors (Lipinski definition) is 3. The molecule has 244 valence electrons. The van der Waals surface area contributed by atoms with Crippen molar-refractivity contribution in [1.29, 1.82) is 0 Å². The molecule has 45 heavy (non-hydrogen) atoms. The lowest BCUT2D eigenvalue weighted by Gasteiger charge is -2.11. The van der Waals surface area contributed by atoms with Crippen LogP contribution in [0.2, 0.25) is 0 Å². The van der Waals surface area contributed by atoms with Gasteiger partial charge in [0.1, 0.15) is 5.56 Å². The van der Waals surface area contributed by atoms with Gasteiger partial charge >= 0.3 is 19.4 Å². The molecule has 0 aliphatic carbocycles. The molecule has 0 amide bonds. The Labute approximate surface area is 245 Å². The van der Waals surface area contributed by atoms with Gasteiger partial charge in [-0.2, -0.15) is 35.8 Å². The predicted molar refractivity (Wildman–Crippen MR) is 140 cm³/mol. The average Bonchev–Trinajstić information content (AvgIpc) is 2.93. The van der Waals surface area contributed by atoms with E-state index in [1.54, 1.807) is 5.10 Å². The highest BCUT2D eigenvalue weighted by molar-refractivity contribution is 5.86. The largest absolute Gasteiger partial charge is 0.429 e. The lowest BCUT2D eigenvalue weighted by atomic mass is 10.1. The zero-order valence-corrected chi connectivity index (χ0v) is 22.6. The second-order valence-electron chi connectivity index (χ2n) is 8.87. The molecule has 0 atom stereocenters. The molecule has 0 saturated heterocycles. The molecule has 3 aromatic heterocycles. The SMILES string of the molecule is Nc1cn[nH]c(=O)c1C(F)(F)F.Nc1nc(-c2cc3ccn(CCCCCOC(F)F)c(=O)c3c(F)c2F)ncc1OC(F)F. The molecule has 0 bridgehead atoms. The number of halogens is 9. The van der Waals surface area contributed by atoms with Crippen molar-refractivity contribution in [3.8, 4) is 17.1 Å². The minimum Gasteiger partial charge on any atom is -0.429 e. The highest BCUT2D eigenvalue weighted by Crippen LogP contribution is 2.31. The molecule has 4 aromatic rings. The van der Waals surface area contributed by atoms with Crippen LogP contribution in [0.5, 0.6) is 5.75 Å². The predicted octanol–water partition coefficient (Wildman–Crippen LogP) is 4.70. The molecular formula is C25H22F9N7O4. The van der Waals surface area contributed by atoms with Crippen LogP contribution >= 0.6 is 0 Å². The van der Waals surface area contributed by atoms with E-state index in [-0.39, 0.29) is 24.4 Å². The maximum Gasteiger partial charge on any atom is 0.423 e. The normalized spacial score (nSPS) is 11.6. The van der Waals surface area contributed by atoms with E-state index < -0.39 is 75.9 Å². The van der Waals surface area contributed by atoms with Gasteiger partial charge in [-0.15, -0.1) is 0 Å². The molecule has 11 nitrogen and oxygen atoms in total. The number of ether oxygens (including phenoxy) is 2. The number of aryl methyl sites for hydroxylation is 1. The third kappa shape index (κ3) is 8.83. The third-order valence-corrected chi connectivity index (χ3v) is 5.84. The number of unbranched alkanes of at least 4 members (excludes halogenated alkanes) is 2. The van der Waals surface area contributed by atoms with Crippen molar-refractivity contribution < 1.29 is 49.0 Å². The van der Waals surface area contributed by atoms with Crippen LogP contribution in [0.4, 0.5) is 51.0 Å². The Kier molecular flexibility index (Phi) is 11.3. The number of nitrogens with one attached hydrogen (secondary N) is 1. The van der Waals surface area contributed by atoms with Crippen molar-refractivity contribution in [2.75, 3.05) is 18.1 Å². The number of fused-ring (bicyclic) bond motifs is 1. The van der Waals surface area contributed by atoms with E-state index in [1.165, 1.54) is 16.8 Å². The van der Waals surface area contributed by atoms with Crippen LogP contribution in [0.25, 0.3) is 22.2 Å². The first-order valence-corrected chi connectivity index (χ1v) is 12.5. The minimum absolute atomic E-state index is 0.0607. The van der Waals surface area contributed by atoms with Crippen molar-refractivity contribution >= 4 is 22.3 Å². The van der Waals surface area contributed by atoms with Crippen LogP contribution in [0.3, 0.4) is 0 Å². The number of nitrogens with two attached hydrogens (primary N) is 2. The summed E-state index contributed by atoms with van der Waals surface area (Å²) in [6.45, 7) is -5.99. The Balaban J connectivity index is 0.000000385. The Morgan fingerprint density at radius 2 is 1.69 bits per heavy atom. The number of benzene rings is 1. The molecule has 0 unspecified atom stereocenters. The Bertz CT molecular complexity index is 1750. The summed E-state index contributed by atoms with van der Waals surface area (Å²) in [7, 11) is 0. The van der Waals surface area contributed by atoms with Crippen LogP contribution in [0.15, 0.2) is 40.3 Å². The maximum atomic E-state index is 14.8. The molecule has 1 aromatic carbocycles. The molecule has 0 radical (unpaired) electrons. The smallest absolute Gasteiger partial charge is 0.423 e. The minimum atomic E-state index is -4.74. The molecular weight excluding hydrogens is 633 g/mol. The summed E-state index contributed by atoms with van der Waals surface area (Å²) >= 11 is 0. The highest BCUT2D eigenvalue weighted by atomic mass is 19.4. The van der Waals surface area contributed by atoms with Crippen molar-refractivity contribution in [3.05, 3.63) is 68.6 Å². The molecule has 0 saturated carbocycles. The number of alkyl halides is 7. The van der Waals surface area contributed by atoms with Gasteiger partial charge in [-0.25, -0.2) is 23.8 Å². The number of rotatable bonds is 10. The number of nitrogen functional groups attached to an aromatic ring is 2. The molecule has 0 fully saturated rings. The third-order valence-electron chi connectivity index (χ3n) is 5.84. The number of pyridine rings is 1. The number of hydrogen-bond acceptors (Lipinski definition) is 9. The lowest BCUT2D eigenvalue weighted by molar-refractivity contribution is -0.138. The summed E-state index contributed by atoms with van der Waals surface area (Å²) < 4.78 is 123. The second kappa shape index (κ2) is 14.7. The Morgan fingerprint density at radius 1 is 0.978 bits per heavy atom. The van der Waals surface area contributed by atoms with E-state index in [2.05, 4.69) is 24.5 Å². The topological polar surface area (TPSA) is 164 Å². The van der Waals surface area contributed by atoms with Gasteiger partial charge < -0.3 is 25.5 Å². The zero-order chi connectivity index (χ0) is 33.5. The number of aromatic nitrogens is 5. The Morgan fingerprint density at radius 3 is 2.27 bits per heavy atom. The quantitative estimate of drug-likeness (QED) is 0.162. The fourth-order valence-corrected chi connectivity index (χ4v) is 3.85. The van der Waals surface area contributed by atoms with E-state index in [1.807, 2.05) is 0 Å². The van der Waals surface area contributed by atoms with E-state index >= 15 is 0 Å². The molecule has 5 N–H and O–H groups in total. The summed E-state index contributed by atoms with van der Waals surface area (Å²) in [5.74, 6) is -4.26. The average molecular weight is 655 g/mol. The molecule has 0 spiro atoms. The number of anilines is 2. The van der Waals surface area contributed by atoms with Gasteiger partial charge in [-0.3, -0.25) is 9.59 Å². The van der Waals surface area contributed by atoms with Crippen molar-refractivity contribution in [1.82, 2.24) is 24.7 Å². The van der Waals surface area contributed by atoms with Crippen molar-refractivity contribution in [3.63, 3.8) is 0 Å². The number of aromatic amines is 1. The van der Waals surface area contributed by atoms with Crippen molar-refractivity contribution in [2.45, 2.75) is 45.2 Å². The van der Waals surface area contributed by atoms with Crippen LogP contribution in [-0.2, 0) is 17.5 Å². The Hall–Kier alpha value is -4.88. The van der Waals surface area contributed by atoms with Crippen LogP contribution in [-0.4, -0.2) is 44.6 Å². The van der Waals surface area contributed by atoms with Gasteiger partial charge in [0.05, 0.1) is 35.6 Å². The first kappa shape index (κ1) is 34.6. The summed E-state index contributed by atoms with van der Waals surface area (Å²) in [4.78, 5) is 30.6. The summed E-state index contributed by atoms with van der Waals surface area (Å²) in [6.07, 6.45) is -0.544. The first-order valence-electron chi connectivity index (χ1n) is 12.5. The van der Waals surface area contributed by atoms with Crippen LogP contribution in [0.1, 0.15) is 24.8 Å². The summed E-state index contributed by atoms with van der Waals surface area (Å²) in [5.41, 5.74) is 5.81. The fraction of sp³-hybridized carbons (Fsp3) is 0.320. The molecule has 4 rings (SSSR count). The lowest BCUT2D eigenvalue weighted by Crippen LogP contribution is -2.24. The maximum absolute atomic E-state index is 14.8. The standard InChI is InChI=1S/C20H18F6N4O3.C5H4F3N3O/c21-14-11(17-28-9-12(16(27)29-17)33-20(25)26)8-10-4-6-30(18(31)13(10)15(14)22)5-2-1-3-7-32-19(23)24;6-5(7,8)3-2(9)1-10-11-4(3)12/h4,6,8-9,19-20H,1-3,5,7H2,(H2,27,28,29);1H,(H3,9,11,12). The fourth-order valence-electron chi connectivity index (χ4n) is 3.85. The van der Waals surface area contributed by atoms with Gasteiger partial charge in [0.25, 0.3) is 11.1 Å². The van der Waals surface area contributed by atoms with Gasteiger partial charge in [0.2, 0.25) is 0 Å². The van der Waals surface area contributed by atoms with E-state index in [0.717, 1.165) is 18.5 Å².